The van der Waals surface area contributed by atoms with Crippen LogP contribution in [0.4, 0.5) is 0 Å². The fourth-order valence-electron chi connectivity index (χ4n) is 1.76. The average molecular weight is 199 g/mol. The zero-order chi connectivity index (χ0) is 11.4. The van der Waals surface area contributed by atoms with Crippen LogP contribution in [0.2, 0.25) is 0 Å². The standard InChI is InChI=1S/C13H29N/c1-11(2)8-9-13(4,5)10-12(3)14(6)7/h11-12H,8-10H2,1-7H3/t12-/m1/s1. The zero-order valence-electron chi connectivity index (χ0n) is 11.2. The summed E-state index contributed by atoms with van der Waals surface area (Å²) in [6.07, 6.45) is 4.00. The lowest BCUT2D eigenvalue weighted by molar-refractivity contribution is 0.190. The molecule has 0 rings (SSSR count). The molecule has 0 fully saturated rings. The molecule has 0 aliphatic heterocycles. The first-order chi connectivity index (χ1) is 6.24. The third-order valence-electron chi connectivity index (χ3n) is 3.13. The van der Waals surface area contributed by atoms with Crippen molar-refractivity contribution in [2.24, 2.45) is 11.3 Å². The summed E-state index contributed by atoms with van der Waals surface area (Å²) in [6.45, 7) is 11.7. The molecule has 0 bridgehead atoms. The first-order valence-electron chi connectivity index (χ1n) is 5.91. The predicted molar refractivity (Wildman–Crippen MR) is 65.6 cm³/mol. The summed E-state index contributed by atoms with van der Waals surface area (Å²) in [5.74, 6) is 0.837. The van der Waals surface area contributed by atoms with E-state index in [1.165, 1.54) is 19.3 Å². The largest absolute Gasteiger partial charge is 0.307 e. The molecule has 1 nitrogen and oxygen atoms in total. The minimum absolute atomic E-state index is 0.494. The van der Waals surface area contributed by atoms with Crippen LogP contribution in [-0.2, 0) is 0 Å². The highest BCUT2D eigenvalue weighted by Crippen LogP contribution is 2.30. The Labute approximate surface area is 90.9 Å². The van der Waals surface area contributed by atoms with E-state index in [1.807, 2.05) is 0 Å². The Morgan fingerprint density at radius 1 is 1.07 bits per heavy atom. The van der Waals surface area contributed by atoms with Crippen LogP contribution in [0, 0.1) is 11.3 Å². The molecule has 14 heavy (non-hydrogen) atoms. The van der Waals surface area contributed by atoms with Crippen molar-refractivity contribution in [3.8, 4) is 0 Å². The molecule has 0 aromatic heterocycles. The Bertz CT molecular complexity index is 147. The lowest BCUT2D eigenvalue weighted by atomic mass is 9.80. The van der Waals surface area contributed by atoms with E-state index in [2.05, 4.69) is 53.6 Å². The van der Waals surface area contributed by atoms with Crippen LogP contribution in [0.15, 0.2) is 0 Å². The minimum atomic E-state index is 0.494. The Morgan fingerprint density at radius 3 is 1.93 bits per heavy atom. The van der Waals surface area contributed by atoms with E-state index in [1.54, 1.807) is 0 Å². The monoisotopic (exact) mass is 199 g/mol. The Kier molecular flexibility index (Phi) is 5.73. The van der Waals surface area contributed by atoms with Gasteiger partial charge in [-0.2, -0.15) is 0 Å². The summed E-state index contributed by atoms with van der Waals surface area (Å²) < 4.78 is 0. The van der Waals surface area contributed by atoms with Gasteiger partial charge in [-0.25, -0.2) is 0 Å². The molecule has 0 heterocycles. The fraction of sp³-hybridized carbons (Fsp3) is 1.00. The lowest BCUT2D eigenvalue weighted by Gasteiger charge is -2.31. The van der Waals surface area contributed by atoms with E-state index < -0.39 is 0 Å². The molecule has 0 spiro atoms. The van der Waals surface area contributed by atoms with Gasteiger partial charge in [0.15, 0.2) is 0 Å². The molecule has 0 aliphatic rings. The van der Waals surface area contributed by atoms with Gasteiger partial charge >= 0.3 is 0 Å². The van der Waals surface area contributed by atoms with Gasteiger partial charge in [0.2, 0.25) is 0 Å². The maximum atomic E-state index is 2.40. The zero-order valence-corrected chi connectivity index (χ0v) is 11.2. The van der Waals surface area contributed by atoms with Crippen LogP contribution >= 0.6 is 0 Å². The van der Waals surface area contributed by atoms with Crippen LogP contribution in [0.5, 0.6) is 0 Å². The summed E-state index contributed by atoms with van der Waals surface area (Å²) in [7, 11) is 4.34. The summed E-state index contributed by atoms with van der Waals surface area (Å²) in [5.41, 5.74) is 0.494. The van der Waals surface area contributed by atoms with Crippen LogP contribution in [0.3, 0.4) is 0 Å². The highest BCUT2D eigenvalue weighted by molar-refractivity contribution is 4.75. The first-order valence-corrected chi connectivity index (χ1v) is 5.91. The fourth-order valence-corrected chi connectivity index (χ4v) is 1.76. The SMILES string of the molecule is CC(C)CCC(C)(C)C[C@@H](C)N(C)C. The smallest absolute Gasteiger partial charge is 0.00659 e. The van der Waals surface area contributed by atoms with Crippen LogP contribution in [0.25, 0.3) is 0 Å². The Hall–Kier alpha value is -0.0400. The van der Waals surface area contributed by atoms with Crippen molar-refractivity contribution in [3.05, 3.63) is 0 Å². The van der Waals surface area contributed by atoms with E-state index in [0.29, 0.717) is 11.5 Å². The second-order valence-electron chi connectivity index (χ2n) is 6.11. The molecule has 0 aliphatic carbocycles. The van der Waals surface area contributed by atoms with Crippen LogP contribution in [-0.4, -0.2) is 25.0 Å². The molecule has 0 amide bonds. The number of rotatable bonds is 6. The summed E-state index contributed by atoms with van der Waals surface area (Å²) in [6, 6.07) is 0.692. The quantitative estimate of drug-likeness (QED) is 0.629. The van der Waals surface area contributed by atoms with Crippen LogP contribution in [0.1, 0.15) is 53.9 Å². The van der Waals surface area contributed by atoms with Gasteiger partial charge < -0.3 is 4.90 Å². The molecule has 86 valence electrons. The first kappa shape index (κ1) is 14.0. The molecule has 0 N–H and O–H groups in total. The van der Waals surface area contributed by atoms with Crippen molar-refractivity contribution < 1.29 is 0 Å². The molecule has 0 saturated heterocycles. The van der Waals surface area contributed by atoms with Crippen molar-refractivity contribution in [2.45, 2.75) is 59.9 Å². The Morgan fingerprint density at radius 2 is 1.57 bits per heavy atom. The molecule has 0 aromatic carbocycles. The second kappa shape index (κ2) is 5.75. The molecular weight excluding hydrogens is 170 g/mol. The predicted octanol–water partition coefficient (Wildman–Crippen LogP) is 3.79. The van der Waals surface area contributed by atoms with Gasteiger partial charge in [-0.05, 0) is 45.2 Å². The molecule has 0 unspecified atom stereocenters. The van der Waals surface area contributed by atoms with Gasteiger partial charge in [-0.15, -0.1) is 0 Å². The second-order valence-corrected chi connectivity index (χ2v) is 6.11. The maximum Gasteiger partial charge on any atom is 0.00659 e. The van der Waals surface area contributed by atoms with E-state index in [-0.39, 0.29) is 0 Å². The van der Waals surface area contributed by atoms with E-state index in [0.717, 1.165) is 5.92 Å². The van der Waals surface area contributed by atoms with Gasteiger partial charge in [0.25, 0.3) is 0 Å². The number of hydrogen-bond donors (Lipinski definition) is 0. The van der Waals surface area contributed by atoms with Crippen LogP contribution < -0.4 is 0 Å². The highest BCUT2D eigenvalue weighted by Gasteiger charge is 2.21. The molecule has 0 saturated carbocycles. The molecule has 1 atom stereocenters. The summed E-state index contributed by atoms with van der Waals surface area (Å²) in [4.78, 5) is 2.32. The Balaban J connectivity index is 3.93. The van der Waals surface area contributed by atoms with Gasteiger partial charge in [0.05, 0.1) is 0 Å². The van der Waals surface area contributed by atoms with Gasteiger partial charge in [0, 0.05) is 6.04 Å². The lowest BCUT2D eigenvalue weighted by Crippen LogP contribution is -2.30. The van der Waals surface area contributed by atoms with E-state index >= 15 is 0 Å². The molecule has 0 radical (unpaired) electrons. The third-order valence-corrected chi connectivity index (χ3v) is 3.13. The normalized spacial score (nSPS) is 15.2. The number of hydrogen-bond acceptors (Lipinski definition) is 1. The summed E-state index contributed by atoms with van der Waals surface area (Å²) >= 11 is 0. The van der Waals surface area contributed by atoms with Crippen molar-refractivity contribution >= 4 is 0 Å². The van der Waals surface area contributed by atoms with Crippen molar-refractivity contribution in [2.75, 3.05) is 14.1 Å². The van der Waals surface area contributed by atoms with Crippen molar-refractivity contribution in [3.63, 3.8) is 0 Å². The number of nitrogens with zero attached hydrogens (tertiary/aromatic N) is 1. The van der Waals surface area contributed by atoms with Crippen molar-refractivity contribution in [1.82, 2.24) is 4.90 Å². The van der Waals surface area contributed by atoms with E-state index in [9.17, 15) is 0 Å². The third kappa shape index (κ3) is 6.42. The molecule has 0 aromatic rings. The maximum absolute atomic E-state index is 2.40. The van der Waals surface area contributed by atoms with Gasteiger partial charge in [-0.1, -0.05) is 34.1 Å². The molecular formula is C13H29N. The van der Waals surface area contributed by atoms with Gasteiger partial charge in [-0.3, -0.25) is 0 Å². The van der Waals surface area contributed by atoms with E-state index in [4.69, 9.17) is 0 Å². The average Bonchev–Trinajstić information content (AvgIpc) is 2.00. The molecule has 1 heteroatoms. The highest BCUT2D eigenvalue weighted by atomic mass is 15.1. The topological polar surface area (TPSA) is 3.24 Å². The minimum Gasteiger partial charge on any atom is -0.307 e. The summed E-state index contributed by atoms with van der Waals surface area (Å²) in [5, 5.41) is 0. The van der Waals surface area contributed by atoms with Gasteiger partial charge in [0.1, 0.15) is 0 Å². The van der Waals surface area contributed by atoms with Crippen molar-refractivity contribution in [1.29, 1.82) is 0 Å².